The van der Waals surface area contributed by atoms with Crippen molar-refractivity contribution >= 4 is 23.4 Å². The lowest BCUT2D eigenvalue weighted by molar-refractivity contribution is 0.0694. The van der Waals surface area contributed by atoms with Crippen molar-refractivity contribution in [2.45, 2.75) is 18.4 Å². The zero-order chi connectivity index (χ0) is 13.8. The van der Waals surface area contributed by atoms with Gasteiger partial charge >= 0.3 is 5.97 Å². The molecule has 0 radical (unpaired) electrons. The fourth-order valence-corrected chi connectivity index (χ4v) is 2.34. The zero-order valence-corrected chi connectivity index (χ0v) is 11.5. The van der Waals surface area contributed by atoms with Gasteiger partial charge in [-0.2, -0.15) is 0 Å². The first-order chi connectivity index (χ1) is 9.11. The summed E-state index contributed by atoms with van der Waals surface area (Å²) in [6.07, 6.45) is 3.48. The molecule has 0 aliphatic rings. The molecule has 0 unspecified atom stereocenters. The fraction of sp³-hybridized carbons (Fsp3) is 0.231. The molecule has 5 nitrogen and oxygen atoms in total. The van der Waals surface area contributed by atoms with Gasteiger partial charge < -0.3 is 14.8 Å². The van der Waals surface area contributed by atoms with E-state index in [1.165, 1.54) is 11.8 Å². The van der Waals surface area contributed by atoms with Gasteiger partial charge in [0.15, 0.2) is 0 Å². The molecule has 0 bridgehead atoms. The molecule has 0 spiro atoms. The molecule has 0 fully saturated rings. The summed E-state index contributed by atoms with van der Waals surface area (Å²) < 4.78 is 5.34. The van der Waals surface area contributed by atoms with Crippen molar-refractivity contribution in [1.82, 2.24) is 4.98 Å². The number of benzene rings is 1. The number of oxazole rings is 1. The van der Waals surface area contributed by atoms with Crippen LogP contribution in [-0.4, -0.2) is 22.3 Å². The van der Waals surface area contributed by atoms with Crippen LogP contribution in [0.3, 0.4) is 0 Å². The van der Waals surface area contributed by atoms with Crippen LogP contribution >= 0.6 is 11.8 Å². The van der Waals surface area contributed by atoms with Gasteiger partial charge in [-0.1, -0.05) is 6.07 Å². The summed E-state index contributed by atoms with van der Waals surface area (Å²) in [7, 11) is 0. The van der Waals surface area contributed by atoms with Gasteiger partial charge in [-0.15, -0.1) is 11.8 Å². The summed E-state index contributed by atoms with van der Waals surface area (Å²) in [5.74, 6) is 0.313. The highest BCUT2D eigenvalue weighted by atomic mass is 32.2. The number of hydrogen-bond acceptors (Lipinski definition) is 5. The van der Waals surface area contributed by atoms with Gasteiger partial charge in [0, 0.05) is 4.90 Å². The Bertz CT molecular complexity index is 595. The van der Waals surface area contributed by atoms with Crippen LogP contribution in [0.25, 0.3) is 0 Å². The highest BCUT2D eigenvalue weighted by molar-refractivity contribution is 7.98. The standard InChI is InChI=1S/C13H14N2O3S/c1-8-6-15-11(18-8)7-14-9-4-3-5-10(19-2)12(9)13(16)17/h3-6,14H,7H2,1-2H3,(H,16,17). The molecule has 2 rings (SSSR count). The van der Waals surface area contributed by atoms with Gasteiger partial charge in [0.1, 0.15) is 5.76 Å². The van der Waals surface area contributed by atoms with Crippen molar-refractivity contribution in [3.05, 3.63) is 41.6 Å². The van der Waals surface area contributed by atoms with E-state index in [4.69, 9.17) is 4.42 Å². The minimum atomic E-state index is -0.948. The van der Waals surface area contributed by atoms with Crippen LogP contribution < -0.4 is 5.32 Å². The maximum Gasteiger partial charge on any atom is 0.338 e. The second-order valence-corrected chi connectivity index (χ2v) is 4.75. The number of carbonyl (C=O) groups is 1. The van der Waals surface area contributed by atoms with E-state index in [9.17, 15) is 9.90 Å². The number of carboxylic acids is 1. The van der Waals surface area contributed by atoms with Crippen LogP contribution in [-0.2, 0) is 6.54 Å². The maximum absolute atomic E-state index is 11.3. The van der Waals surface area contributed by atoms with Gasteiger partial charge in [-0.05, 0) is 25.3 Å². The van der Waals surface area contributed by atoms with Gasteiger partial charge in [0.25, 0.3) is 0 Å². The molecule has 0 aliphatic heterocycles. The molecular formula is C13H14N2O3S. The van der Waals surface area contributed by atoms with E-state index >= 15 is 0 Å². The molecule has 0 atom stereocenters. The number of hydrogen-bond donors (Lipinski definition) is 2. The third kappa shape index (κ3) is 3.08. The Morgan fingerprint density at radius 3 is 2.89 bits per heavy atom. The molecule has 0 saturated carbocycles. The highest BCUT2D eigenvalue weighted by Gasteiger charge is 2.15. The molecule has 2 aromatic rings. The molecule has 2 N–H and O–H groups in total. The smallest absolute Gasteiger partial charge is 0.338 e. The first-order valence-electron chi connectivity index (χ1n) is 5.67. The predicted octanol–water partition coefficient (Wildman–Crippen LogP) is 3.02. The molecule has 1 heterocycles. The second kappa shape index (κ2) is 5.79. The maximum atomic E-state index is 11.3. The third-order valence-electron chi connectivity index (χ3n) is 2.56. The van der Waals surface area contributed by atoms with E-state index in [-0.39, 0.29) is 5.56 Å². The number of anilines is 1. The molecule has 100 valence electrons. The second-order valence-electron chi connectivity index (χ2n) is 3.91. The lowest BCUT2D eigenvalue weighted by atomic mass is 10.2. The van der Waals surface area contributed by atoms with Gasteiger partial charge in [0.2, 0.25) is 5.89 Å². The number of nitrogens with zero attached hydrogens (tertiary/aromatic N) is 1. The number of carboxylic acid groups (broad SMARTS) is 1. The Balaban J connectivity index is 2.22. The Morgan fingerprint density at radius 1 is 1.53 bits per heavy atom. The summed E-state index contributed by atoms with van der Waals surface area (Å²) in [6, 6.07) is 5.34. The van der Waals surface area contributed by atoms with E-state index in [1.807, 2.05) is 19.2 Å². The summed E-state index contributed by atoms with van der Waals surface area (Å²) in [4.78, 5) is 16.1. The van der Waals surface area contributed by atoms with E-state index in [0.29, 0.717) is 18.1 Å². The number of rotatable bonds is 5. The normalized spacial score (nSPS) is 10.4. The van der Waals surface area contributed by atoms with Gasteiger partial charge in [-0.3, -0.25) is 0 Å². The van der Waals surface area contributed by atoms with Gasteiger partial charge in [0.05, 0.1) is 24.0 Å². The van der Waals surface area contributed by atoms with Crippen LogP contribution in [0.15, 0.2) is 33.7 Å². The van der Waals surface area contributed by atoms with E-state index in [0.717, 1.165) is 10.7 Å². The molecule has 0 aliphatic carbocycles. The Kier molecular flexibility index (Phi) is 4.11. The highest BCUT2D eigenvalue weighted by Crippen LogP contribution is 2.27. The minimum Gasteiger partial charge on any atom is -0.478 e. The van der Waals surface area contributed by atoms with Crippen molar-refractivity contribution in [2.75, 3.05) is 11.6 Å². The van der Waals surface area contributed by atoms with Crippen molar-refractivity contribution < 1.29 is 14.3 Å². The minimum absolute atomic E-state index is 0.276. The van der Waals surface area contributed by atoms with Crippen LogP contribution in [0.4, 0.5) is 5.69 Å². The van der Waals surface area contributed by atoms with Crippen molar-refractivity contribution in [3.8, 4) is 0 Å². The van der Waals surface area contributed by atoms with Crippen molar-refractivity contribution in [1.29, 1.82) is 0 Å². The predicted molar refractivity (Wildman–Crippen MR) is 73.7 cm³/mol. The molecular weight excluding hydrogens is 264 g/mol. The first-order valence-corrected chi connectivity index (χ1v) is 6.89. The van der Waals surface area contributed by atoms with Crippen LogP contribution in [0.5, 0.6) is 0 Å². The Hall–Kier alpha value is -1.95. The zero-order valence-electron chi connectivity index (χ0n) is 10.6. The lowest BCUT2D eigenvalue weighted by Gasteiger charge is -2.10. The number of aryl methyl sites for hydroxylation is 1. The molecule has 1 aromatic carbocycles. The molecule has 0 saturated heterocycles. The number of aromatic nitrogens is 1. The summed E-state index contributed by atoms with van der Waals surface area (Å²) in [5, 5.41) is 12.3. The van der Waals surface area contributed by atoms with E-state index < -0.39 is 5.97 Å². The van der Waals surface area contributed by atoms with E-state index in [2.05, 4.69) is 10.3 Å². The average molecular weight is 278 g/mol. The van der Waals surface area contributed by atoms with E-state index in [1.54, 1.807) is 18.3 Å². The number of aromatic carboxylic acids is 1. The van der Waals surface area contributed by atoms with Crippen LogP contribution in [0.2, 0.25) is 0 Å². The average Bonchev–Trinajstić information content (AvgIpc) is 2.81. The van der Waals surface area contributed by atoms with Crippen LogP contribution in [0.1, 0.15) is 22.0 Å². The molecule has 0 amide bonds. The Morgan fingerprint density at radius 2 is 2.32 bits per heavy atom. The Labute approximate surface area is 115 Å². The lowest BCUT2D eigenvalue weighted by Crippen LogP contribution is -2.07. The quantitative estimate of drug-likeness (QED) is 0.819. The fourth-order valence-electron chi connectivity index (χ4n) is 1.72. The molecule has 1 aromatic heterocycles. The number of nitrogens with one attached hydrogen (secondary N) is 1. The third-order valence-corrected chi connectivity index (χ3v) is 3.34. The first kappa shape index (κ1) is 13.5. The van der Waals surface area contributed by atoms with Crippen LogP contribution in [0, 0.1) is 6.92 Å². The molecule has 6 heteroatoms. The summed E-state index contributed by atoms with van der Waals surface area (Å²) in [6.45, 7) is 2.17. The topological polar surface area (TPSA) is 75.4 Å². The molecule has 19 heavy (non-hydrogen) atoms. The summed E-state index contributed by atoms with van der Waals surface area (Å²) >= 11 is 1.40. The van der Waals surface area contributed by atoms with Crippen molar-refractivity contribution in [2.24, 2.45) is 0 Å². The monoisotopic (exact) mass is 278 g/mol. The largest absolute Gasteiger partial charge is 0.478 e. The summed E-state index contributed by atoms with van der Waals surface area (Å²) in [5.41, 5.74) is 0.841. The SMILES string of the molecule is CSc1cccc(NCc2ncc(C)o2)c1C(=O)O. The number of thioether (sulfide) groups is 1. The van der Waals surface area contributed by atoms with Gasteiger partial charge in [-0.25, -0.2) is 9.78 Å². The van der Waals surface area contributed by atoms with Crippen molar-refractivity contribution in [3.63, 3.8) is 0 Å².